The van der Waals surface area contributed by atoms with Gasteiger partial charge in [0.1, 0.15) is 0 Å². The molecule has 0 aromatic heterocycles. The Bertz CT molecular complexity index is 739. The topological polar surface area (TPSA) is 51.1 Å². The molecule has 1 heterocycles. The summed E-state index contributed by atoms with van der Waals surface area (Å²) in [6.07, 6.45) is 10.7. The number of benzene rings is 1. The molecule has 2 atom stereocenters. The second-order valence-corrected chi connectivity index (χ2v) is 8.48. The van der Waals surface area contributed by atoms with E-state index in [0.29, 0.717) is 11.7 Å². The lowest BCUT2D eigenvalue weighted by atomic mass is 9.73. The lowest BCUT2D eigenvalue weighted by Gasteiger charge is -2.40. The lowest BCUT2D eigenvalue weighted by Crippen LogP contribution is -2.47. The summed E-state index contributed by atoms with van der Waals surface area (Å²) in [6.45, 7) is 0.777. The highest BCUT2D eigenvalue weighted by molar-refractivity contribution is 6.07. The Labute approximate surface area is 168 Å². The summed E-state index contributed by atoms with van der Waals surface area (Å²) < 4.78 is 10.9. The van der Waals surface area contributed by atoms with Gasteiger partial charge in [0, 0.05) is 23.9 Å². The molecule has 2 aliphatic carbocycles. The molecule has 3 aliphatic rings. The molecule has 5 heteroatoms. The van der Waals surface area contributed by atoms with Gasteiger partial charge in [-0.15, -0.1) is 0 Å². The van der Waals surface area contributed by atoms with Crippen LogP contribution in [0, 0.1) is 17.8 Å². The molecule has 152 valence electrons. The number of carbonyl (C=O) groups is 1. The Morgan fingerprint density at radius 1 is 0.929 bits per heavy atom. The molecule has 2 saturated carbocycles. The minimum atomic E-state index is 0.0814. The summed E-state index contributed by atoms with van der Waals surface area (Å²) in [4.78, 5) is 13.2. The van der Waals surface area contributed by atoms with Gasteiger partial charge in [-0.3, -0.25) is 4.79 Å². The molecule has 2 fully saturated rings. The molecule has 1 aromatic rings. The normalized spacial score (nSPS) is 25.9. The molecule has 1 amide bonds. The largest absolute Gasteiger partial charge is 0.493 e. The van der Waals surface area contributed by atoms with Gasteiger partial charge in [-0.05, 0) is 49.8 Å². The van der Waals surface area contributed by atoms with Gasteiger partial charge in [-0.25, -0.2) is 5.01 Å². The van der Waals surface area contributed by atoms with Gasteiger partial charge in [0.05, 0.1) is 19.9 Å². The van der Waals surface area contributed by atoms with E-state index in [1.54, 1.807) is 14.2 Å². The molecule has 1 aliphatic heterocycles. The van der Waals surface area contributed by atoms with Crippen LogP contribution >= 0.6 is 0 Å². The molecule has 5 nitrogen and oxygen atoms in total. The molecule has 4 rings (SSSR count). The maximum Gasteiger partial charge on any atom is 0.246 e. The summed E-state index contributed by atoms with van der Waals surface area (Å²) in [6, 6.07) is 6.01. The van der Waals surface area contributed by atoms with Crippen LogP contribution in [0.15, 0.2) is 23.3 Å². The standard InChI is InChI=1S/C23H32N2O3/c1-27-20-13-12-17(14-21(20)28-2)22-18-10-6-7-11-19(18)23(26)25(24-22)15-16-8-4-3-5-9-16/h12-14,16,18-19H,3-11,15H2,1-2H3/t18-,19+/m0/s1. The van der Waals surface area contributed by atoms with Gasteiger partial charge < -0.3 is 9.47 Å². The zero-order chi connectivity index (χ0) is 19.5. The maximum atomic E-state index is 13.2. The van der Waals surface area contributed by atoms with Crippen LogP contribution in [0.3, 0.4) is 0 Å². The van der Waals surface area contributed by atoms with Crippen molar-refractivity contribution in [3.05, 3.63) is 23.8 Å². The summed E-state index contributed by atoms with van der Waals surface area (Å²) in [5, 5.41) is 6.76. The van der Waals surface area contributed by atoms with Crippen LogP contribution in [0.2, 0.25) is 0 Å². The summed E-state index contributed by atoms with van der Waals surface area (Å²) >= 11 is 0. The highest BCUT2D eigenvalue weighted by Crippen LogP contribution is 2.39. The van der Waals surface area contributed by atoms with E-state index in [-0.39, 0.29) is 17.7 Å². The quantitative estimate of drug-likeness (QED) is 0.743. The Hall–Kier alpha value is -2.04. The van der Waals surface area contributed by atoms with Crippen molar-refractivity contribution in [1.82, 2.24) is 5.01 Å². The van der Waals surface area contributed by atoms with Crippen molar-refractivity contribution in [2.75, 3.05) is 20.8 Å². The first-order valence-corrected chi connectivity index (χ1v) is 10.8. The van der Waals surface area contributed by atoms with E-state index < -0.39 is 0 Å². The van der Waals surface area contributed by atoms with Gasteiger partial charge in [0.25, 0.3) is 0 Å². The smallest absolute Gasteiger partial charge is 0.246 e. The molecular formula is C23H32N2O3. The van der Waals surface area contributed by atoms with Gasteiger partial charge in [0.15, 0.2) is 11.5 Å². The molecular weight excluding hydrogens is 352 g/mol. The first-order chi connectivity index (χ1) is 13.7. The van der Waals surface area contributed by atoms with Crippen LogP contribution < -0.4 is 9.47 Å². The Kier molecular flexibility index (Phi) is 5.88. The number of hydrazone groups is 1. The zero-order valence-corrected chi connectivity index (χ0v) is 17.2. The second kappa shape index (κ2) is 8.54. The van der Waals surface area contributed by atoms with Crippen LogP contribution in [-0.2, 0) is 4.79 Å². The van der Waals surface area contributed by atoms with E-state index >= 15 is 0 Å². The number of hydrogen-bond acceptors (Lipinski definition) is 4. The van der Waals surface area contributed by atoms with Crippen molar-refractivity contribution in [2.45, 2.75) is 57.8 Å². The van der Waals surface area contributed by atoms with Crippen molar-refractivity contribution >= 4 is 11.6 Å². The van der Waals surface area contributed by atoms with Gasteiger partial charge in [-0.2, -0.15) is 5.10 Å². The van der Waals surface area contributed by atoms with E-state index in [0.717, 1.165) is 42.8 Å². The average Bonchev–Trinajstić information content (AvgIpc) is 2.76. The van der Waals surface area contributed by atoms with Crippen molar-refractivity contribution in [3.63, 3.8) is 0 Å². The molecule has 0 spiro atoms. The molecule has 0 saturated heterocycles. The number of methoxy groups -OCH3 is 2. The molecule has 0 unspecified atom stereocenters. The third-order valence-electron chi connectivity index (χ3n) is 6.75. The summed E-state index contributed by atoms with van der Waals surface area (Å²) in [7, 11) is 3.31. The second-order valence-electron chi connectivity index (χ2n) is 8.48. The van der Waals surface area contributed by atoms with E-state index in [4.69, 9.17) is 14.6 Å². The van der Waals surface area contributed by atoms with Crippen LogP contribution in [0.5, 0.6) is 11.5 Å². The number of hydrogen-bond donors (Lipinski definition) is 0. The van der Waals surface area contributed by atoms with E-state index in [2.05, 4.69) is 6.07 Å². The van der Waals surface area contributed by atoms with Crippen LogP contribution in [0.4, 0.5) is 0 Å². The first kappa shape index (κ1) is 19.3. The molecule has 0 radical (unpaired) electrons. The highest BCUT2D eigenvalue weighted by Gasteiger charge is 2.41. The number of nitrogens with zero attached hydrogens (tertiary/aromatic N) is 2. The van der Waals surface area contributed by atoms with Gasteiger partial charge in [0.2, 0.25) is 5.91 Å². The van der Waals surface area contributed by atoms with Crippen LogP contribution in [0.25, 0.3) is 0 Å². The predicted molar refractivity (Wildman–Crippen MR) is 110 cm³/mol. The maximum absolute atomic E-state index is 13.2. The van der Waals surface area contributed by atoms with Crippen molar-refractivity contribution in [3.8, 4) is 11.5 Å². The first-order valence-electron chi connectivity index (χ1n) is 10.8. The van der Waals surface area contributed by atoms with E-state index in [1.807, 2.05) is 17.1 Å². The van der Waals surface area contributed by atoms with E-state index in [9.17, 15) is 4.79 Å². The fourth-order valence-electron chi connectivity index (χ4n) is 5.21. The third kappa shape index (κ3) is 3.76. The monoisotopic (exact) mass is 384 g/mol. The van der Waals surface area contributed by atoms with Crippen LogP contribution in [-0.4, -0.2) is 37.4 Å². The highest BCUT2D eigenvalue weighted by atomic mass is 16.5. The number of fused-ring (bicyclic) bond motifs is 1. The molecule has 1 aromatic carbocycles. The number of amides is 1. The van der Waals surface area contributed by atoms with Crippen molar-refractivity contribution in [1.29, 1.82) is 0 Å². The third-order valence-corrected chi connectivity index (χ3v) is 6.75. The van der Waals surface area contributed by atoms with Gasteiger partial charge >= 0.3 is 0 Å². The van der Waals surface area contributed by atoms with E-state index in [1.165, 1.54) is 38.5 Å². The van der Waals surface area contributed by atoms with Crippen molar-refractivity contribution in [2.24, 2.45) is 22.9 Å². The Balaban J connectivity index is 1.67. The average molecular weight is 385 g/mol. The number of rotatable bonds is 5. The van der Waals surface area contributed by atoms with Gasteiger partial charge in [-0.1, -0.05) is 32.1 Å². The molecule has 0 N–H and O–H groups in total. The Morgan fingerprint density at radius 3 is 2.32 bits per heavy atom. The fourth-order valence-corrected chi connectivity index (χ4v) is 5.21. The lowest BCUT2D eigenvalue weighted by molar-refractivity contribution is -0.139. The summed E-state index contributed by atoms with van der Waals surface area (Å²) in [5.41, 5.74) is 2.11. The predicted octanol–water partition coefficient (Wildman–Crippen LogP) is 4.64. The molecule has 28 heavy (non-hydrogen) atoms. The zero-order valence-electron chi connectivity index (χ0n) is 17.2. The number of carbonyl (C=O) groups excluding carboxylic acids is 1. The molecule has 0 bridgehead atoms. The summed E-state index contributed by atoms with van der Waals surface area (Å²) in [5.74, 6) is 2.58. The van der Waals surface area contributed by atoms with Crippen molar-refractivity contribution < 1.29 is 14.3 Å². The SMILES string of the molecule is COc1ccc(C2=NN(CC3CCCCC3)C(=O)[C@@H]3CCCC[C@H]23)cc1OC. The fraction of sp³-hybridized carbons (Fsp3) is 0.652. The number of ether oxygens (including phenoxy) is 2. The minimum Gasteiger partial charge on any atom is -0.493 e. The van der Waals surface area contributed by atoms with Crippen LogP contribution in [0.1, 0.15) is 63.4 Å². The minimum absolute atomic E-state index is 0.0814. The Morgan fingerprint density at radius 2 is 1.61 bits per heavy atom.